The molecular formula is C23H27FN4O5. The number of anilines is 1. The molecule has 33 heavy (non-hydrogen) atoms. The zero-order valence-electron chi connectivity index (χ0n) is 18.5. The number of nitrogens with one attached hydrogen (secondary N) is 3. The maximum Gasteiger partial charge on any atom is 0.329 e. The van der Waals surface area contributed by atoms with Gasteiger partial charge in [-0.05, 0) is 61.4 Å². The highest BCUT2D eigenvalue weighted by atomic mass is 19.1. The van der Waals surface area contributed by atoms with Gasteiger partial charge >= 0.3 is 11.8 Å². The van der Waals surface area contributed by atoms with Crippen molar-refractivity contribution in [2.75, 3.05) is 25.1 Å². The van der Waals surface area contributed by atoms with Crippen molar-refractivity contribution in [1.29, 1.82) is 0 Å². The van der Waals surface area contributed by atoms with E-state index >= 15 is 0 Å². The van der Waals surface area contributed by atoms with Gasteiger partial charge < -0.3 is 20.1 Å². The zero-order chi connectivity index (χ0) is 24.1. The molecule has 0 bridgehead atoms. The molecule has 0 radical (unpaired) electrons. The summed E-state index contributed by atoms with van der Waals surface area (Å²) in [6, 6.07) is 10.2. The van der Waals surface area contributed by atoms with Crippen LogP contribution in [0.1, 0.15) is 32.3 Å². The number of hydrogen-bond acceptors (Lipinski definition) is 6. The molecule has 0 unspecified atom stereocenters. The van der Waals surface area contributed by atoms with Crippen molar-refractivity contribution >= 4 is 29.6 Å². The number of ether oxygens (including phenoxy) is 2. The molecule has 0 aliphatic carbocycles. The predicted octanol–water partition coefficient (Wildman–Crippen LogP) is 2.61. The average molecular weight is 458 g/mol. The van der Waals surface area contributed by atoms with E-state index in [4.69, 9.17) is 9.47 Å². The van der Waals surface area contributed by atoms with Crippen LogP contribution < -0.4 is 25.5 Å². The summed E-state index contributed by atoms with van der Waals surface area (Å²) in [6.07, 6.45) is 3.04. The van der Waals surface area contributed by atoms with Crippen molar-refractivity contribution < 1.29 is 28.2 Å². The Morgan fingerprint density at radius 1 is 1.00 bits per heavy atom. The average Bonchev–Trinajstić information content (AvgIpc) is 2.80. The van der Waals surface area contributed by atoms with Crippen molar-refractivity contribution in [2.24, 2.45) is 5.10 Å². The number of hydrogen-bond donors (Lipinski definition) is 3. The Balaban J connectivity index is 1.92. The molecule has 176 valence electrons. The first kappa shape index (κ1) is 25.3. The van der Waals surface area contributed by atoms with Crippen LogP contribution in [-0.2, 0) is 14.4 Å². The van der Waals surface area contributed by atoms with E-state index in [1.807, 2.05) is 6.92 Å². The van der Waals surface area contributed by atoms with Crippen LogP contribution in [0.4, 0.5) is 10.1 Å². The highest BCUT2D eigenvalue weighted by molar-refractivity contribution is 6.35. The molecule has 0 saturated carbocycles. The summed E-state index contributed by atoms with van der Waals surface area (Å²) in [5.74, 6) is -1.72. The van der Waals surface area contributed by atoms with Crippen LogP contribution in [0.3, 0.4) is 0 Å². The molecule has 0 heterocycles. The lowest BCUT2D eigenvalue weighted by Crippen LogP contribution is -2.38. The van der Waals surface area contributed by atoms with Crippen molar-refractivity contribution in [3.8, 4) is 11.5 Å². The number of halogens is 1. The Bertz CT molecular complexity index is 979. The molecule has 2 rings (SSSR count). The van der Waals surface area contributed by atoms with E-state index in [0.717, 1.165) is 12.8 Å². The normalized spacial score (nSPS) is 10.5. The van der Waals surface area contributed by atoms with Gasteiger partial charge in [0.1, 0.15) is 5.82 Å². The molecule has 2 aromatic rings. The number of nitrogens with zero attached hydrogens (tertiary/aromatic N) is 1. The number of rotatable bonds is 11. The first-order valence-electron chi connectivity index (χ1n) is 10.5. The fourth-order valence-corrected chi connectivity index (χ4v) is 2.54. The number of benzene rings is 2. The molecule has 0 saturated heterocycles. The van der Waals surface area contributed by atoms with Crippen LogP contribution in [0, 0.1) is 5.82 Å². The Morgan fingerprint density at radius 2 is 1.76 bits per heavy atom. The van der Waals surface area contributed by atoms with Crippen LogP contribution in [0.15, 0.2) is 47.6 Å². The van der Waals surface area contributed by atoms with Gasteiger partial charge in [-0.1, -0.05) is 13.3 Å². The molecule has 2 aromatic carbocycles. The molecule has 0 fully saturated rings. The number of unbranched alkanes of at least 4 members (excludes halogenated alkanes) is 1. The van der Waals surface area contributed by atoms with E-state index in [1.54, 1.807) is 25.1 Å². The Morgan fingerprint density at radius 3 is 2.45 bits per heavy atom. The first-order chi connectivity index (χ1) is 15.9. The molecule has 0 aliphatic heterocycles. The van der Waals surface area contributed by atoms with Crippen LogP contribution in [0.25, 0.3) is 0 Å². The van der Waals surface area contributed by atoms with Gasteiger partial charge in [0.15, 0.2) is 18.1 Å². The van der Waals surface area contributed by atoms with Crippen molar-refractivity contribution in [1.82, 2.24) is 10.7 Å². The summed E-state index contributed by atoms with van der Waals surface area (Å²) in [5.41, 5.74) is 3.18. The highest BCUT2D eigenvalue weighted by Crippen LogP contribution is 2.28. The maximum atomic E-state index is 13.0. The molecule has 0 atom stereocenters. The number of carbonyl (C=O) groups excluding carboxylic acids is 3. The first-order valence-corrected chi connectivity index (χ1v) is 10.5. The molecule has 3 amide bonds. The van der Waals surface area contributed by atoms with Crippen LogP contribution in [-0.4, -0.2) is 43.7 Å². The highest BCUT2D eigenvalue weighted by Gasteiger charge is 2.12. The fraction of sp³-hybridized carbons (Fsp3) is 0.304. The maximum absolute atomic E-state index is 13.0. The quantitative estimate of drug-likeness (QED) is 0.207. The third-order valence-electron chi connectivity index (χ3n) is 4.16. The second kappa shape index (κ2) is 13.5. The minimum absolute atomic E-state index is 0.284. The second-order valence-electron chi connectivity index (χ2n) is 6.79. The van der Waals surface area contributed by atoms with Crippen LogP contribution in [0.5, 0.6) is 11.5 Å². The summed E-state index contributed by atoms with van der Waals surface area (Å²) >= 11 is 0. The van der Waals surface area contributed by atoms with E-state index in [-0.39, 0.29) is 6.61 Å². The molecule has 10 heteroatoms. The van der Waals surface area contributed by atoms with Crippen molar-refractivity contribution in [3.63, 3.8) is 0 Å². The molecular weight excluding hydrogens is 431 g/mol. The van der Waals surface area contributed by atoms with E-state index in [0.29, 0.717) is 35.9 Å². The molecule has 3 N–H and O–H groups in total. The fourth-order valence-electron chi connectivity index (χ4n) is 2.54. The van der Waals surface area contributed by atoms with Gasteiger partial charge in [-0.3, -0.25) is 14.4 Å². The molecule has 0 aromatic heterocycles. The molecule has 0 aliphatic rings. The third-order valence-corrected chi connectivity index (χ3v) is 4.16. The Labute approximate surface area is 191 Å². The van der Waals surface area contributed by atoms with E-state index < -0.39 is 23.5 Å². The lowest BCUT2D eigenvalue weighted by Gasteiger charge is -2.12. The standard InChI is InChI=1S/C23H27FN4O5/c1-3-5-12-25-22(30)23(31)28-26-14-16-6-11-19(20(13-16)32-4-2)33-15-21(29)27-18-9-7-17(24)8-10-18/h6-11,13-14H,3-5,12,15H2,1-2H3,(H,25,30)(H,27,29)(H,28,31)/b26-14-. The van der Waals surface area contributed by atoms with Crippen LogP contribution in [0.2, 0.25) is 0 Å². The zero-order valence-corrected chi connectivity index (χ0v) is 18.5. The van der Waals surface area contributed by atoms with Gasteiger partial charge in [0.25, 0.3) is 5.91 Å². The topological polar surface area (TPSA) is 118 Å². The Kier molecular flexibility index (Phi) is 10.3. The van der Waals surface area contributed by atoms with E-state index in [9.17, 15) is 18.8 Å². The number of hydrazone groups is 1. The minimum atomic E-state index is -0.862. The third kappa shape index (κ3) is 8.98. The van der Waals surface area contributed by atoms with Crippen molar-refractivity contribution in [3.05, 3.63) is 53.8 Å². The van der Waals surface area contributed by atoms with Gasteiger partial charge in [0, 0.05) is 12.2 Å². The van der Waals surface area contributed by atoms with Gasteiger partial charge in [0.05, 0.1) is 12.8 Å². The SMILES string of the molecule is CCCCNC(=O)C(=O)N/N=C\c1ccc(OCC(=O)Nc2ccc(F)cc2)c(OCC)c1. The van der Waals surface area contributed by atoms with Crippen LogP contribution >= 0.6 is 0 Å². The molecule has 9 nitrogen and oxygen atoms in total. The van der Waals surface area contributed by atoms with Gasteiger partial charge in [-0.25, -0.2) is 9.82 Å². The lowest BCUT2D eigenvalue weighted by atomic mass is 10.2. The predicted molar refractivity (Wildman–Crippen MR) is 122 cm³/mol. The number of carbonyl (C=O) groups is 3. The summed E-state index contributed by atoms with van der Waals surface area (Å²) in [4.78, 5) is 35.4. The second-order valence-corrected chi connectivity index (χ2v) is 6.79. The van der Waals surface area contributed by atoms with E-state index in [2.05, 4.69) is 21.2 Å². The van der Waals surface area contributed by atoms with Gasteiger partial charge in [-0.2, -0.15) is 5.10 Å². The van der Waals surface area contributed by atoms with Crippen molar-refractivity contribution in [2.45, 2.75) is 26.7 Å². The Hall–Kier alpha value is -3.95. The molecule has 0 spiro atoms. The minimum Gasteiger partial charge on any atom is -0.490 e. The van der Waals surface area contributed by atoms with Gasteiger partial charge in [-0.15, -0.1) is 0 Å². The lowest BCUT2D eigenvalue weighted by molar-refractivity contribution is -0.139. The summed E-state index contributed by atoms with van der Waals surface area (Å²) in [7, 11) is 0. The summed E-state index contributed by atoms with van der Waals surface area (Å²) < 4.78 is 24.0. The number of amides is 3. The monoisotopic (exact) mass is 458 g/mol. The largest absolute Gasteiger partial charge is 0.490 e. The van der Waals surface area contributed by atoms with Gasteiger partial charge in [0.2, 0.25) is 0 Å². The summed E-state index contributed by atoms with van der Waals surface area (Å²) in [5, 5.41) is 8.87. The van der Waals surface area contributed by atoms with E-state index in [1.165, 1.54) is 30.5 Å². The summed E-state index contributed by atoms with van der Waals surface area (Å²) in [6.45, 7) is 4.27. The smallest absolute Gasteiger partial charge is 0.329 e.